The molecule has 5 nitrogen and oxygen atoms in total. The molecule has 1 saturated carbocycles. The molecule has 0 bridgehead atoms. The van der Waals surface area contributed by atoms with Crippen LogP contribution < -0.4 is 5.32 Å². The number of benzene rings is 1. The third-order valence-electron chi connectivity index (χ3n) is 5.31. The molecule has 1 heterocycles. The predicted molar refractivity (Wildman–Crippen MR) is 97.2 cm³/mol. The van der Waals surface area contributed by atoms with Gasteiger partial charge in [-0.3, -0.25) is 9.89 Å². The molecule has 3 N–H and O–H groups in total. The Morgan fingerprint density at radius 1 is 1.32 bits per heavy atom. The molecular weight excluding hydrogens is 314 g/mol. The van der Waals surface area contributed by atoms with Crippen molar-refractivity contribution < 1.29 is 9.90 Å². The van der Waals surface area contributed by atoms with Gasteiger partial charge in [-0.05, 0) is 50.2 Å². The van der Waals surface area contributed by atoms with E-state index in [4.69, 9.17) is 0 Å². The van der Waals surface area contributed by atoms with E-state index >= 15 is 0 Å². The Bertz CT molecular complexity index is 705. The van der Waals surface area contributed by atoms with E-state index in [1.54, 1.807) is 0 Å². The lowest BCUT2D eigenvalue weighted by Crippen LogP contribution is -2.48. The highest BCUT2D eigenvalue weighted by Crippen LogP contribution is 2.31. The topological polar surface area (TPSA) is 78.0 Å². The summed E-state index contributed by atoms with van der Waals surface area (Å²) in [4.78, 5) is 12.4. The first kappa shape index (κ1) is 17.7. The quantitative estimate of drug-likeness (QED) is 0.724. The molecule has 1 aliphatic rings. The number of aliphatic hydroxyl groups is 1. The number of nitrogens with zero attached hydrogens (tertiary/aromatic N) is 1. The molecule has 0 saturated heterocycles. The molecule has 0 aliphatic heterocycles. The molecule has 1 aliphatic carbocycles. The van der Waals surface area contributed by atoms with Gasteiger partial charge in [0.2, 0.25) is 5.91 Å². The molecule has 0 radical (unpaired) electrons. The van der Waals surface area contributed by atoms with Gasteiger partial charge < -0.3 is 10.4 Å². The molecule has 1 unspecified atom stereocenters. The summed E-state index contributed by atoms with van der Waals surface area (Å²) < 4.78 is 0. The lowest BCUT2D eigenvalue weighted by atomic mass is 9.75. The van der Waals surface area contributed by atoms with E-state index in [0.717, 1.165) is 36.2 Å². The number of hydrogen-bond donors (Lipinski definition) is 3. The van der Waals surface area contributed by atoms with Crippen LogP contribution in [0.3, 0.4) is 0 Å². The van der Waals surface area contributed by atoms with Gasteiger partial charge in [0.15, 0.2) is 0 Å². The largest absolute Gasteiger partial charge is 0.393 e. The number of carbonyl (C=O) groups excluding carboxylic acids is 1. The SMILES string of the molecule is Cc1[nH]nc(CCC(=O)NC(Cc2ccccc2)C2CC(O)C2)c1C. The summed E-state index contributed by atoms with van der Waals surface area (Å²) >= 11 is 0. The van der Waals surface area contributed by atoms with Crippen molar-refractivity contribution in [1.82, 2.24) is 15.5 Å². The number of nitrogens with one attached hydrogen (secondary N) is 2. The van der Waals surface area contributed by atoms with E-state index < -0.39 is 0 Å². The van der Waals surface area contributed by atoms with Crippen LogP contribution in [0.2, 0.25) is 0 Å². The van der Waals surface area contributed by atoms with Crippen molar-refractivity contribution in [3.63, 3.8) is 0 Å². The van der Waals surface area contributed by atoms with Crippen LogP contribution in [0.1, 0.15) is 41.8 Å². The van der Waals surface area contributed by atoms with Gasteiger partial charge in [-0.15, -0.1) is 0 Å². The van der Waals surface area contributed by atoms with Crippen LogP contribution in [0.15, 0.2) is 30.3 Å². The molecule has 5 heteroatoms. The number of aliphatic hydroxyl groups excluding tert-OH is 1. The summed E-state index contributed by atoms with van der Waals surface area (Å²) in [7, 11) is 0. The number of aromatic amines is 1. The van der Waals surface area contributed by atoms with Gasteiger partial charge in [-0.25, -0.2) is 0 Å². The number of aromatic nitrogens is 2. The maximum Gasteiger partial charge on any atom is 0.220 e. The highest BCUT2D eigenvalue weighted by Gasteiger charge is 2.34. The third-order valence-corrected chi connectivity index (χ3v) is 5.31. The molecule has 2 aromatic rings. The van der Waals surface area contributed by atoms with Crippen LogP contribution in [0.5, 0.6) is 0 Å². The van der Waals surface area contributed by atoms with Crippen molar-refractivity contribution in [3.05, 3.63) is 52.8 Å². The minimum Gasteiger partial charge on any atom is -0.393 e. The highest BCUT2D eigenvalue weighted by atomic mass is 16.3. The number of rotatable bonds is 7. The predicted octanol–water partition coefficient (Wildman–Crippen LogP) is 2.46. The summed E-state index contributed by atoms with van der Waals surface area (Å²) in [6.45, 7) is 4.02. The minimum absolute atomic E-state index is 0.0578. The molecule has 1 aromatic heterocycles. The first-order chi connectivity index (χ1) is 12.0. The fraction of sp³-hybridized carbons (Fsp3) is 0.500. The highest BCUT2D eigenvalue weighted by molar-refractivity contribution is 5.76. The fourth-order valence-electron chi connectivity index (χ4n) is 3.45. The Hall–Kier alpha value is -2.14. The molecule has 1 aromatic carbocycles. The van der Waals surface area contributed by atoms with Gasteiger partial charge in [0.25, 0.3) is 0 Å². The number of aryl methyl sites for hydroxylation is 2. The fourth-order valence-corrected chi connectivity index (χ4v) is 3.45. The zero-order valence-corrected chi connectivity index (χ0v) is 15.0. The van der Waals surface area contributed by atoms with Crippen LogP contribution in [-0.4, -0.2) is 33.4 Å². The standard InChI is InChI=1S/C20H27N3O2/c1-13-14(2)22-23-18(13)8-9-20(25)21-19(16-11-17(24)12-16)10-15-6-4-3-5-7-15/h3-7,16-17,19,24H,8-12H2,1-2H3,(H,21,25)(H,22,23). The van der Waals surface area contributed by atoms with E-state index in [9.17, 15) is 9.90 Å². The number of H-pyrrole nitrogens is 1. The van der Waals surface area contributed by atoms with Crippen molar-refractivity contribution in [3.8, 4) is 0 Å². The van der Waals surface area contributed by atoms with Crippen LogP contribution in [0, 0.1) is 19.8 Å². The van der Waals surface area contributed by atoms with Crippen molar-refractivity contribution in [2.75, 3.05) is 0 Å². The van der Waals surface area contributed by atoms with E-state index in [-0.39, 0.29) is 18.1 Å². The number of amides is 1. The second-order valence-electron chi connectivity index (χ2n) is 7.17. The second kappa shape index (κ2) is 7.83. The molecule has 0 spiro atoms. The Morgan fingerprint density at radius 2 is 2.04 bits per heavy atom. The minimum atomic E-state index is -0.213. The summed E-state index contributed by atoms with van der Waals surface area (Å²) in [6, 6.07) is 10.3. The van der Waals surface area contributed by atoms with Crippen LogP contribution in [0.4, 0.5) is 0 Å². The van der Waals surface area contributed by atoms with E-state index in [2.05, 4.69) is 27.6 Å². The zero-order chi connectivity index (χ0) is 17.8. The van der Waals surface area contributed by atoms with Gasteiger partial charge in [-0.1, -0.05) is 30.3 Å². The molecule has 134 valence electrons. The van der Waals surface area contributed by atoms with Gasteiger partial charge in [0.1, 0.15) is 0 Å². The first-order valence-corrected chi connectivity index (χ1v) is 9.04. The number of carbonyl (C=O) groups is 1. The van der Waals surface area contributed by atoms with E-state index in [0.29, 0.717) is 18.8 Å². The average Bonchev–Trinajstić information content (AvgIpc) is 2.89. The van der Waals surface area contributed by atoms with Crippen LogP contribution >= 0.6 is 0 Å². The normalized spacial score (nSPS) is 20.8. The zero-order valence-electron chi connectivity index (χ0n) is 15.0. The maximum atomic E-state index is 12.4. The first-order valence-electron chi connectivity index (χ1n) is 9.04. The van der Waals surface area contributed by atoms with Gasteiger partial charge in [0, 0.05) is 24.6 Å². The van der Waals surface area contributed by atoms with E-state index in [1.165, 1.54) is 5.56 Å². The van der Waals surface area contributed by atoms with Crippen LogP contribution in [-0.2, 0) is 17.6 Å². The lowest BCUT2D eigenvalue weighted by Gasteiger charge is -2.38. The Labute approximate surface area is 148 Å². The van der Waals surface area contributed by atoms with Crippen molar-refractivity contribution >= 4 is 5.91 Å². The van der Waals surface area contributed by atoms with Gasteiger partial charge in [-0.2, -0.15) is 5.10 Å². The van der Waals surface area contributed by atoms with Gasteiger partial charge in [0.05, 0.1) is 11.8 Å². The Balaban J connectivity index is 1.57. The third kappa shape index (κ3) is 4.48. The molecular formula is C20H27N3O2. The molecule has 1 fully saturated rings. The molecule has 25 heavy (non-hydrogen) atoms. The van der Waals surface area contributed by atoms with Crippen LogP contribution in [0.25, 0.3) is 0 Å². The lowest BCUT2D eigenvalue weighted by molar-refractivity contribution is -0.122. The smallest absolute Gasteiger partial charge is 0.220 e. The summed E-state index contributed by atoms with van der Waals surface area (Å²) in [5.41, 5.74) is 4.37. The van der Waals surface area contributed by atoms with Crippen molar-refractivity contribution in [2.24, 2.45) is 5.92 Å². The van der Waals surface area contributed by atoms with Crippen molar-refractivity contribution in [2.45, 2.75) is 58.1 Å². The van der Waals surface area contributed by atoms with E-state index in [1.807, 2.05) is 32.0 Å². The monoisotopic (exact) mass is 341 g/mol. The average molecular weight is 341 g/mol. The number of hydrogen-bond acceptors (Lipinski definition) is 3. The summed E-state index contributed by atoms with van der Waals surface area (Å²) in [5, 5.41) is 20.1. The Morgan fingerprint density at radius 3 is 2.64 bits per heavy atom. The molecule has 1 amide bonds. The van der Waals surface area contributed by atoms with Crippen molar-refractivity contribution in [1.29, 1.82) is 0 Å². The maximum absolute atomic E-state index is 12.4. The summed E-state index contributed by atoms with van der Waals surface area (Å²) in [5.74, 6) is 0.413. The molecule has 1 atom stereocenters. The summed E-state index contributed by atoms with van der Waals surface area (Å²) in [6.07, 6.45) is 3.23. The molecule has 3 rings (SSSR count). The van der Waals surface area contributed by atoms with Gasteiger partial charge >= 0.3 is 0 Å². The Kier molecular flexibility index (Phi) is 5.53. The second-order valence-corrected chi connectivity index (χ2v) is 7.17.